The number of anilines is 1. The van der Waals surface area contributed by atoms with Gasteiger partial charge in [0.05, 0.1) is 24.0 Å². The number of hydrogen-bond acceptors (Lipinski definition) is 5. The predicted octanol–water partition coefficient (Wildman–Crippen LogP) is 1.79. The number of aromatic nitrogens is 1. The van der Waals surface area contributed by atoms with Gasteiger partial charge in [0.2, 0.25) is 5.91 Å². The number of primary amides is 1. The molecule has 0 radical (unpaired) electrons. The SMILES string of the molecule is COc1ccccc1NC(C(N)=O)c1cscn1. The van der Waals surface area contributed by atoms with Crippen LogP contribution in [0.15, 0.2) is 35.2 Å². The highest BCUT2D eigenvalue weighted by Crippen LogP contribution is 2.27. The summed E-state index contributed by atoms with van der Waals surface area (Å²) in [7, 11) is 1.57. The molecule has 0 spiro atoms. The lowest BCUT2D eigenvalue weighted by Crippen LogP contribution is -2.28. The van der Waals surface area contributed by atoms with Crippen LogP contribution >= 0.6 is 11.3 Å². The molecular formula is C12H13N3O2S. The molecule has 18 heavy (non-hydrogen) atoms. The van der Waals surface area contributed by atoms with Crippen LogP contribution in [0.2, 0.25) is 0 Å². The Bertz CT molecular complexity index is 528. The third kappa shape index (κ3) is 2.60. The smallest absolute Gasteiger partial charge is 0.246 e. The molecule has 1 aromatic heterocycles. The normalized spacial score (nSPS) is 11.8. The first-order valence-electron chi connectivity index (χ1n) is 5.29. The van der Waals surface area contributed by atoms with Gasteiger partial charge in [0, 0.05) is 5.38 Å². The van der Waals surface area contributed by atoms with E-state index in [1.807, 2.05) is 18.2 Å². The molecule has 1 atom stereocenters. The molecule has 0 fully saturated rings. The lowest BCUT2D eigenvalue weighted by molar-refractivity contribution is -0.118. The van der Waals surface area contributed by atoms with Crippen molar-refractivity contribution in [2.24, 2.45) is 5.73 Å². The monoisotopic (exact) mass is 263 g/mol. The van der Waals surface area contributed by atoms with Crippen LogP contribution in [0.1, 0.15) is 11.7 Å². The molecule has 6 heteroatoms. The Morgan fingerprint density at radius 1 is 1.50 bits per heavy atom. The van der Waals surface area contributed by atoms with Crippen LogP contribution < -0.4 is 15.8 Å². The Labute approximate surface area is 109 Å². The number of carbonyl (C=O) groups excluding carboxylic acids is 1. The van der Waals surface area contributed by atoms with Crippen LogP contribution in [0.3, 0.4) is 0 Å². The molecule has 2 rings (SSSR count). The molecule has 0 aliphatic heterocycles. The van der Waals surface area contributed by atoms with Crippen molar-refractivity contribution in [3.05, 3.63) is 40.8 Å². The summed E-state index contributed by atoms with van der Waals surface area (Å²) in [5, 5.41) is 4.83. The molecule has 0 aliphatic carbocycles. The van der Waals surface area contributed by atoms with E-state index < -0.39 is 11.9 Å². The fourth-order valence-corrected chi connectivity index (χ4v) is 2.15. The van der Waals surface area contributed by atoms with Crippen molar-refractivity contribution in [1.29, 1.82) is 0 Å². The summed E-state index contributed by atoms with van der Waals surface area (Å²) in [4.78, 5) is 15.6. The highest BCUT2D eigenvalue weighted by molar-refractivity contribution is 7.07. The molecule has 1 heterocycles. The van der Waals surface area contributed by atoms with Crippen molar-refractivity contribution in [1.82, 2.24) is 4.98 Å². The summed E-state index contributed by atoms with van der Waals surface area (Å²) in [6, 6.07) is 6.67. The molecule has 0 bridgehead atoms. The second-order valence-corrected chi connectivity index (χ2v) is 4.31. The molecule has 1 amide bonds. The van der Waals surface area contributed by atoms with E-state index in [0.717, 1.165) is 0 Å². The van der Waals surface area contributed by atoms with E-state index in [4.69, 9.17) is 10.5 Å². The van der Waals surface area contributed by atoms with Gasteiger partial charge in [-0.15, -0.1) is 11.3 Å². The molecule has 1 unspecified atom stereocenters. The largest absolute Gasteiger partial charge is 0.495 e. The Morgan fingerprint density at radius 2 is 2.28 bits per heavy atom. The first kappa shape index (κ1) is 12.4. The maximum absolute atomic E-state index is 11.5. The number of rotatable bonds is 5. The van der Waals surface area contributed by atoms with E-state index in [1.54, 1.807) is 24.1 Å². The second kappa shape index (κ2) is 5.50. The number of hydrogen-bond donors (Lipinski definition) is 2. The highest BCUT2D eigenvalue weighted by atomic mass is 32.1. The number of ether oxygens (including phenoxy) is 1. The third-order valence-electron chi connectivity index (χ3n) is 2.44. The quantitative estimate of drug-likeness (QED) is 0.862. The molecule has 0 saturated heterocycles. The van der Waals surface area contributed by atoms with Crippen LogP contribution in [-0.4, -0.2) is 18.0 Å². The highest BCUT2D eigenvalue weighted by Gasteiger charge is 2.20. The van der Waals surface area contributed by atoms with Gasteiger partial charge in [0.15, 0.2) is 0 Å². The molecule has 2 aromatic rings. The van der Waals surface area contributed by atoms with Gasteiger partial charge < -0.3 is 15.8 Å². The molecule has 0 saturated carbocycles. The average molecular weight is 263 g/mol. The average Bonchev–Trinajstić information content (AvgIpc) is 2.89. The van der Waals surface area contributed by atoms with Gasteiger partial charge in [-0.05, 0) is 12.1 Å². The number of para-hydroxylation sites is 2. The minimum atomic E-state index is -0.660. The summed E-state index contributed by atoms with van der Waals surface area (Å²) in [5.41, 5.74) is 8.37. The summed E-state index contributed by atoms with van der Waals surface area (Å²) >= 11 is 1.42. The predicted molar refractivity (Wildman–Crippen MR) is 70.7 cm³/mol. The van der Waals surface area contributed by atoms with Gasteiger partial charge in [-0.3, -0.25) is 4.79 Å². The summed E-state index contributed by atoms with van der Waals surface area (Å²) in [6.45, 7) is 0. The van der Waals surface area contributed by atoms with Crippen LogP contribution in [-0.2, 0) is 4.79 Å². The Balaban J connectivity index is 2.27. The number of nitrogens with zero attached hydrogens (tertiary/aromatic N) is 1. The summed E-state index contributed by atoms with van der Waals surface area (Å²) in [5.74, 6) is 0.172. The van der Waals surface area contributed by atoms with E-state index in [-0.39, 0.29) is 0 Å². The minimum absolute atomic E-state index is 0.480. The maximum atomic E-state index is 11.5. The lowest BCUT2D eigenvalue weighted by atomic mass is 10.2. The third-order valence-corrected chi connectivity index (χ3v) is 3.04. The van der Waals surface area contributed by atoms with E-state index in [0.29, 0.717) is 17.1 Å². The summed E-state index contributed by atoms with van der Waals surface area (Å²) in [6.07, 6.45) is 0. The maximum Gasteiger partial charge on any atom is 0.246 e. The molecule has 5 nitrogen and oxygen atoms in total. The number of amides is 1. The van der Waals surface area contributed by atoms with E-state index in [2.05, 4.69) is 10.3 Å². The lowest BCUT2D eigenvalue weighted by Gasteiger charge is -2.16. The van der Waals surface area contributed by atoms with Gasteiger partial charge >= 0.3 is 0 Å². The van der Waals surface area contributed by atoms with Crippen molar-refractivity contribution in [3.63, 3.8) is 0 Å². The molecule has 0 aliphatic rings. The summed E-state index contributed by atoms with van der Waals surface area (Å²) < 4.78 is 5.21. The standard InChI is InChI=1S/C12H13N3O2S/c1-17-10-5-3-2-4-8(10)15-11(12(13)16)9-6-18-7-14-9/h2-7,11,15H,1H3,(H2,13,16). The van der Waals surface area contributed by atoms with Crippen molar-refractivity contribution in [2.75, 3.05) is 12.4 Å². The van der Waals surface area contributed by atoms with Crippen molar-refractivity contribution >= 4 is 22.9 Å². The molecule has 3 N–H and O–H groups in total. The van der Waals surface area contributed by atoms with E-state index >= 15 is 0 Å². The van der Waals surface area contributed by atoms with Crippen LogP contribution in [0.4, 0.5) is 5.69 Å². The second-order valence-electron chi connectivity index (χ2n) is 3.59. The van der Waals surface area contributed by atoms with Crippen molar-refractivity contribution in [2.45, 2.75) is 6.04 Å². The fraction of sp³-hybridized carbons (Fsp3) is 0.167. The fourth-order valence-electron chi connectivity index (χ4n) is 1.57. The van der Waals surface area contributed by atoms with Crippen molar-refractivity contribution in [3.8, 4) is 5.75 Å². The molecular weight excluding hydrogens is 250 g/mol. The van der Waals surface area contributed by atoms with E-state index in [1.165, 1.54) is 11.3 Å². The number of carbonyl (C=O) groups is 1. The zero-order chi connectivity index (χ0) is 13.0. The van der Waals surface area contributed by atoms with Crippen molar-refractivity contribution < 1.29 is 9.53 Å². The molecule has 94 valence electrons. The Kier molecular flexibility index (Phi) is 3.78. The number of thiazole rings is 1. The van der Waals surface area contributed by atoms with Gasteiger partial charge in [-0.1, -0.05) is 12.1 Å². The topological polar surface area (TPSA) is 77.2 Å². The van der Waals surface area contributed by atoms with Gasteiger partial charge in [-0.25, -0.2) is 4.98 Å². The van der Waals surface area contributed by atoms with Crippen LogP contribution in [0.25, 0.3) is 0 Å². The zero-order valence-electron chi connectivity index (χ0n) is 9.79. The number of nitrogens with one attached hydrogen (secondary N) is 1. The number of benzene rings is 1. The zero-order valence-corrected chi connectivity index (χ0v) is 10.6. The van der Waals surface area contributed by atoms with E-state index in [9.17, 15) is 4.79 Å². The van der Waals surface area contributed by atoms with Crippen LogP contribution in [0.5, 0.6) is 5.75 Å². The first-order valence-corrected chi connectivity index (χ1v) is 6.23. The number of nitrogens with two attached hydrogens (primary N) is 1. The van der Waals surface area contributed by atoms with Gasteiger partial charge in [0.25, 0.3) is 0 Å². The van der Waals surface area contributed by atoms with Crippen LogP contribution in [0, 0.1) is 0 Å². The van der Waals surface area contributed by atoms with Gasteiger partial charge in [0.1, 0.15) is 11.8 Å². The molecule has 1 aromatic carbocycles. The number of methoxy groups -OCH3 is 1. The first-order chi connectivity index (χ1) is 8.72. The Hall–Kier alpha value is -2.08. The Morgan fingerprint density at radius 3 is 2.89 bits per heavy atom. The minimum Gasteiger partial charge on any atom is -0.495 e. The van der Waals surface area contributed by atoms with Gasteiger partial charge in [-0.2, -0.15) is 0 Å².